The van der Waals surface area contributed by atoms with Crippen LogP contribution in [0.25, 0.3) is 6.08 Å². The van der Waals surface area contributed by atoms with Crippen LogP contribution in [0, 0.1) is 0 Å². The molecule has 1 unspecified atom stereocenters. The molecule has 0 bridgehead atoms. The Hall–Kier alpha value is -1.85. The number of benzene rings is 1. The molecule has 0 heterocycles. The Balaban J connectivity index is 3.08. The van der Waals surface area contributed by atoms with Gasteiger partial charge in [0.15, 0.2) is 0 Å². The highest BCUT2D eigenvalue weighted by Crippen LogP contribution is 2.31. The van der Waals surface area contributed by atoms with E-state index in [1.807, 2.05) is 29.3 Å². The van der Waals surface area contributed by atoms with Crippen LogP contribution in [0.5, 0.6) is 0 Å². The summed E-state index contributed by atoms with van der Waals surface area (Å²) in [5.41, 5.74) is 1.45. The predicted octanol–water partition coefficient (Wildman–Crippen LogP) is 5.76. The fraction of sp³-hybridized carbons (Fsp3) is 0.591. The summed E-state index contributed by atoms with van der Waals surface area (Å²) in [6.07, 6.45) is 0.401. The number of hydrogen-bond donors (Lipinski definition) is 0. The van der Waals surface area contributed by atoms with Gasteiger partial charge in [0.25, 0.3) is 0 Å². The van der Waals surface area contributed by atoms with Crippen molar-refractivity contribution in [3.05, 3.63) is 42.0 Å². The van der Waals surface area contributed by atoms with Gasteiger partial charge >= 0.3 is 6.16 Å². The number of nitrogens with zero attached hydrogens (tertiary/aromatic N) is 1. The lowest BCUT2D eigenvalue weighted by Crippen LogP contribution is -2.53. The smallest absolute Gasteiger partial charge is 0.432 e. The van der Waals surface area contributed by atoms with Gasteiger partial charge in [-0.2, -0.15) is 5.06 Å². The Labute approximate surface area is 164 Å². The fourth-order valence-corrected chi connectivity index (χ4v) is 2.85. The van der Waals surface area contributed by atoms with Crippen molar-refractivity contribution in [1.29, 1.82) is 0 Å². The van der Waals surface area contributed by atoms with E-state index in [1.165, 1.54) is 0 Å². The summed E-state index contributed by atoms with van der Waals surface area (Å²) in [7, 11) is 0. The van der Waals surface area contributed by atoms with Gasteiger partial charge in [0.2, 0.25) is 0 Å². The Bertz CT molecular complexity index is 595. The molecule has 0 N–H and O–H groups in total. The number of rotatable bonds is 7. The van der Waals surface area contributed by atoms with Gasteiger partial charge in [-0.25, -0.2) is 4.79 Å². The Morgan fingerprint density at radius 1 is 1.07 bits per heavy atom. The van der Waals surface area contributed by atoms with E-state index in [1.54, 1.807) is 19.9 Å². The zero-order chi connectivity index (χ0) is 20.8. The van der Waals surface area contributed by atoms with Gasteiger partial charge in [-0.15, -0.1) is 0 Å². The first-order valence-electron chi connectivity index (χ1n) is 9.37. The van der Waals surface area contributed by atoms with Gasteiger partial charge in [0.05, 0.1) is 6.10 Å². The first-order chi connectivity index (χ1) is 12.3. The summed E-state index contributed by atoms with van der Waals surface area (Å²) in [6, 6.07) is 7.85. The number of carbonyl (C=O) groups is 1. The SMILES string of the molecule is C=Cc1ccc(C(COC(=O)OC(C)C)ON(C(C)(C)C)C(C)(C)C)cc1. The fourth-order valence-electron chi connectivity index (χ4n) is 2.85. The quantitative estimate of drug-likeness (QED) is 0.446. The third kappa shape index (κ3) is 7.73. The van der Waals surface area contributed by atoms with Crippen molar-refractivity contribution in [3.8, 4) is 0 Å². The second-order valence-electron chi connectivity index (χ2n) is 8.83. The van der Waals surface area contributed by atoms with Gasteiger partial charge < -0.3 is 9.47 Å². The van der Waals surface area contributed by atoms with Crippen molar-refractivity contribution in [2.24, 2.45) is 0 Å². The van der Waals surface area contributed by atoms with Crippen LogP contribution in [-0.2, 0) is 14.3 Å². The summed E-state index contributed by atoms with van der Waals surface area (Å²) >= 11 is 0. The Morgan fingerprint density at radius 3 is 2.00 bits per heavy atom. The molecule has 0 aliphatic rings. The average Bonchev–Trinajstić information content (AvgIpc) is 2.52. The molecule has 0 aliphatic carbocycles. The van der Waals surface area contributed by atoms with Crippen LogP contribution in [0.4, 0.5) is 4.79 Å². The van der Waals surface area contributed by atoms with E-state index in [0.29, 0.717) is 0 Å². The van der Waals surface area contributed by atoms with Crippen LogP contribution in [0.1, 0.15) is 72.6 Å². The standard InChI is InChI=1S/C22H35NO4/c1-10-17-11-13-18(14-12-17)19(15-25-20(24)26-16(2)3)27-23(21(4,5)6)22(7,8)9/h10-14,16,19H,1,15H2,2-9H3. The summed E-state index contributed by atoms with van der Waals surface area (Å²) in [6.45, 7) is 19.9. The number of carbonyl (C=O) groups excluding carboxylic acids is 1. The van der Waals surface area contributed by atoms with Gasteiger partial charge in [-0.1, -0.05) is 36.9 Å². The summed E-state index contributed by atoms with van der Waals surface area (Å²) < 4.78 is 10.4. The second-order valence-corrected chi connectivity index (χ2v) is 8.83. The maximum atomic E-state index is 11.8. The average molecular weight is 378 g/mol. The van der Waals surface area contributed by atoms with Crippen molar-refractivity contribution in [2.45, 2.75) is 78.7 Å². The molecule has 1 aromatic carbocycles. The van der Waals surface area contributed by atoms with Gasteiger partial charge in [0, 0.05) is 11.1 Å². The number of hydroxylamine groups is 2. The molecule has 0 saturated heterocycles. The van der Waals surface area contributed by atoms with Crippen molar-refractivity contribution in [2.75, 3.05) is 6.61 Å². The Morgan fingerprint density at radius 2 is 1.59 bits per heavy atom. The lowest BCUT2D eigenvalue weighted by molar-refractivity contribution is -0.291. The van der Waals surface area contributed by atoms with E-state index in [9.17, 15) is 4.79 Å². The van der Waals surface area contributed by atoms with E-state index >= 15 is 0 Å². The maximum absolute atomic E-state index is 11.8. The van der Waals surface area contributed by atoms with Crippen molar-refractivity contribution in [3.63, 3.8) is 0 Å². The Kier molecular flexibility index (Phi) is 8.05. The van der Waals surface area contributed by atoms with E-state index in [0.717, 1.165) is 11.1 Å². The summed E-state index contributed by atoms with van der Waals surface area (Å²) in [5.74, 6) is 0. The molecule has 0 radical (unpaired) electrons. The molecule has 5 nitrogen and oxygen atoms in total. The normalized spacial score (nSPS) is 13.6. The molecule has 0 amide bonds. The van der Waals surface area contributed by atoms with Crippen LogP contribution < -0.4 is 0 Å². The highest BCUT2D eigenvalue weighted by Gasteiger charge is 2.35. The lowest BCUT2D eigenvalue weighted by atomic mass is 10.00. The molecule has 0 aliphatic heterocycles. The molecule has 0 saturated carbocycles. The second kappa shape index (κ2) is 9.38. The van der Waals surface area contributed by atoms with Crippen LogP contribution >= 0.6 is 0 Å². The molecular weight excluding hydrogens is 342 g/mol. The van der Waals surface area contributed by atoms with Crippen LogP contribution in [0.3, 0.4) is 0 Å². The van der Waals surface area contributed by atoms with Crippen LogP contribution in [0.2, 0.25) is 0 Å². The van der Waals surface area contributed by atoms with Crippen molar-refractivity contribution in [1.82, 2.24) is 5.06 Å². The van der Waals surface area contributed by atoms with Crippen molar-refractivity contribution < 1.29 is 19.1 Å². The zero-order valence-corrected chi connectivity index (χ0v) is 18.0. The predicted molar refractivity (Wildman–Crippen MR) is 109 cm³/mol. The minimum atomic E-state index is -0.695. The van der Waals surface area contributed by atoms with E-state index in [2.05, 4.69) is 48.1 Å². The third-order valence-corrected chi connectivity index (χ3v) is 3.68. The molecule has 0 fully saturated rings. The zero-order valence-electron chi connectivity index (χ0n) is 18.0. The molecule has 1 atom stereocenters. The van der Waals surface area contributed by atoms with Crippen molar-refractivity contribution >= 4 is 12.2 Å². The highest BCUT2D eigenvalue weighted by atomic mass is 16.7. The number of ether oxygens (including phenoxy) is 2. The molecule has 152 valence electrons. The maximum Gasteiger partial charge on any atom is 0.508 e. The minimum absolute atomic E-state index is 0.0572. The molecule has 1 rings (SSSR count). The molecular formula is C22H35NO4. The van der Waals surface area contributed by atoms with E-state index < -0.39 is 12.3 Å². The minimum Gasteiger partial charge on any atom is -0.432 e. The first-order valence-corrected chi connectivity index (χ1v) is 9.37. The van der Waals surface area contributed by atoms with Gasteiger partial charge in [-0.3, -0.25) is 4.84 Å². The van der Waals surface area contributed by atoms with E-state index in [4.69, 9.17) is 14.3 Å². The summed E-state index contributed by atoms with van der Waals surface area (Å²) in [5, 5.41) is 1.95. The largest absolute Gasteiger partial charge is 0.508 e. The first kappa shape index (κ1) is 23.2. The molecule has 0 aromatic heterocycles. The molecule has 1 aromatic rings. The van der Waals surface area contributed by atoms with Crippen LogP contribution in [-0.4, -0.2) is 35.0 Å². The van der Waals surface area contributed by atoms with E-state index in [-0.39, 0.29) is 23.8 Å². The van der Waals surface area contributed by atoms with Crippen LogP contribution in [0.15, 0.2) is 30.8 Å². The third-order valence-electron chi connectivity index (χ3n) is 3.68. The molecule has 27 heavy (non-hydrogen) atoms. The summed E-state index contributed by atoms with van der Waals surface area (Å²) in [4.78, 5) is 18.2. The lowest BCUT2D eigenvalue weighted by Gasteiger charge is -2.45. The molecule has 0 spiro atoms. The number of hydrogen-bond acceptors (Lipinski definition) is 5. The van der Waals surface area contributed by atoms with Gasteiger partial charge in [-0.05, 0) is 66.5 Å². The molecule has 5 heteroatoms. The topological polar surface area (TPSA) is 48.0 Å². The van der Waals surface area contributed by atoms with Gasteiger partial charge in [0.1, 0.15) is 12.7 Å². The highest BCUT2D eigenvalue weighted by molar-refractivity contribution is 5.60. The monoisotopic (exact) mass is 377 g/mol.